The number of nitrogens with zero attached hydrogens (tertiary/aromatic N) is 4. The van der Waals surface area contributed by atoms with Gasteiger partial charge in [0.05, 0.1) is 11.3 Å². The van der Waals surface area contributed by atoms with Crippen molar-refractivity contribution >= 4 is 11.9 Å². The van der Waals surface area contributed by atoms with Crippen LogP contribution in [0.2, 0.25) is 0 Å². The third kappa shape index (κ3) is 3.70. The molecule has 1 amide bonds. The normalized spacial score (nSPS) is 15.2. The van der Waals surface area contributed by atoms with Crippen molar-refractivity contribution in [2.45, 2.75) is 39.7 Å². The summed E-state index contributed by atoms with van der Waals surface area (Å²) in [6, 6.07) is 5.30. The van der Waals surface area contributed by atoms with Gasteiger partial charge in [-0.3, -0.25) is 4.79 Å². The number of hydrogen-bond acceptors (Lipinski definition) is 5. The van der Waals surface area contributed by atoms with E-state index in [2.05, 4.69) is 10.1 Å². The van der Waals surface area contributed by atoms with E-state index in [0.717, 1.165) is 37.3 Å². The monoisotopic (exact) mass is 342 g/mol. The molecule has 7 nitrogen and oxygen atoms in total. The number of aryl methyl sites for hydroxylation is 2. The average Bonchev–Trinajstić information content (AvgIpc) is 3.23. The van der Waals surface area contributed by atoms with E-state index in [4.69, 9.17) is 4.74 Å². The van der Waals surface area contributed by atoms with Crippen molar-refractivity contribution < 1.29 is 14.3 Å². The van der Waals surface area contributed by atoms with Gasteiger partial charge in [0.2, 0.25) is 0 Å². The number of carbonyl (C=O) groups is 2. The molecule has 0 N–H and O–H groups in total. The van der Waals surface area contributed by atoms with E-state index < -0.39 is 12.1 Å². The third-order valence-corrected chi connectivity index (χ3v) is 4.26. The van der Waals surface area contributed by atoms with Crippen molar-refractivity contribution in [1.82, 2.24) is 19.7 Å². The number of esters is 1. The van der Waals surface area contributed by atoms with Gasteiger partial charge in [-0.05, 0) is 51.8 Å². The Bertz CT molecular complexity index is 776. The first-order valence-electron chi connectivity index (χ1n) is 8.45. The molecule has 0 spiro atoms. The van der Waals surface area contributed by atoms with Gasteiger partial charge in [0.1, 0.15) is 0 Å². The summed E-state index contributed by atoms with van der Waals surface area (Å²) in [5.74, 6) is -0.0612. The molecule has 0 radical (unpaired) electrons. The zero-order valence-electron chi connectivity index (χ0n) is 14.7. The lowest BCUT2D eigenvalue weighted by atomic mass is 10.2. The molecule has 7 heteroatoms. The first-order valence-corrected chi connectivity index (χ1v) is 8.45. The van der Waals surface area contributed by atoms with Gasteiger partial charge in [-0.1, -0.05) is 0 Å². The highest BCUT2D eigenvalue weighted by atomic mass is 16.5. The predicted molar refractivity (Wildman–Crippen MR) is 91.5 cm³/mol. The molecule has 0 aliphatic carbocycles. The van der Waals surface area contributed by atoms with E-state index in [-0.39, 0.29) is 5.91 Å². The van der Waals surface area contributed by atoms with Crippen LogP contribution in [0, 0.1) is 13.8 Å². The number of aromatic nitrogens is 3. The van der Waals surface area contributed by atoms with Crippen molar-refractivity contribution in [2.24, 2.45) is 0 Å². The zero-order valence-corrected chi connectivity index (χ0v) is 14.7. The summed E-state index contributed by atoms with van der Waals surface area (Å²) in [6.07, 6.45) is 2.66. The molecule has 2 aromatic rings. The van der Waals surface area contributed by atoms with Crippen LogP contribution in [0.1, 0.15) is 41.5 Å². The number of rotatable bonds is 4. The van der Waals surface area contributed by atoms with Crippen molar-refractivity contribution in [3.63, 3.8) is 0 Å². The number of hydrogen-bond donors (Lipinski definition) is 0. The number of pyridine rings is 1. The second kappa shape index (κ2) is 7.04. The van der Waals surface area contributed by atoms with E-state index in [1.54, 1.807) is 28.6 Å². The van der Waals surface area contributed by atoms with Crippen LogP contribution in [0.15, 0.2) is 24.4 Å². The Hall–Kier alpha value is -2.70. The molecule has 25 heavy (non-hydrogen) atoms. The molecule has 1 unspecified atom stereocenters. The molecule has 1 aliphatic heterocycles. The van der Waals surface area contributed by atoms with Crippen LogP contribution in [-0.2, 0) is 9.53 Å². The summed E-state index contributed by atoms with van der Waals surface area (Å²) in [7, 11) is 0. The van der Waals surface area contributed by atoms with Crippen molar-refractivity contribution in [3.05, 3.63) is 41.3 Å². The lowest BCUT2D eigenvalue weighted by Gasteiger charge is -2.20. The molecular weight excluding hydrogens is 320 g/mol. The summed E-state index contributed by atoms with van der Waals surface area (Å²) < 4.78 is 7.00. The van der Waals surface area contributed by atoms with Crippen molar-refractivity contribution in [2.75, 3.05) is 13.1 Å². The van der Waals surface area contributed by atoms with Crippen LogP contribution in [0.5, 0.6) is 0 Å². The van der Waals surface area contributed by atoms with Gasteiger partial charge in [0.25, 0.3) is 5.91 Å². The fourth-order valence-corrected chi connectivity index (χ4v) is 2.97. The molecule has 0 bridgehead atoms. The second-order valence-corrected chi connectivity index (χ2v) is 6.32. The maximum Gasteiger partial charge on any atom is 0.340 e. The Balaban J connectivity index is 1.66. The highest BCUT2D eigenvalue weighted by molar-refractivity contribution is 5.92. The van der Waals surface area contributed by atoms with Crippen LogP contribution >= 0.6 is 0 Å². The molecule has 1 atom stereocenters. The van der Waals surface area contributed by atoms with Gasteiger partial charge >= 0.3 is 5.97 Å². The van der Waals surface area contributed by atoms with E-state index in [9.17, 15) is 9.59 Å². The molecule has 0 saturated carbocycles. The van der Waals surface area contributed by atoms with Crippen LogP contribution in [0.4, 0.5) is 0 Å². The summed E-state index contributed by atoms with van der Waals surface area (Å²) >= 11 is 0. The average molecular weight is 342 g/mol. The minimum atomic E-state index is -0.790. The number of likely N-dealkylation sites (tertiary alicyclic amines) is 1. The molecule has 3 rings (SSSR count). The summed E-state index contributed by atoms with van der Waals surface area (Å²) in [5, 5.41) is 4.36. The predicted octanol–water partition coefficient (Wildman–Crippen LogP) is 2.05. The molecule has 1 fully saturated rings. The van der Waals surface area contributed by atoms with Gasteiger partial charge in [-0.25, -0.2) is 14.5 Å². The summed E-state index contributed by atoms with van der Waals surface area (Å²) in [5.41, 5.74) is 2.17. The fourth-order valence-electron chi connectivity index (χ4n) is 2.97. The molecular formula is C18H22N4O3. The maximum atomic E-state index is 12.2. The number of ether oxygens (including phenoxy) is 1. The lowest BCUT2D eigenvalue weighted by Crippen LogP contribution is -2.38. The van der Waals surface area contributed by atoms with E-state index in [1.165, 1.54) is 6.20 Å². The van der Waals surface area contributed by atoms with Crippen molar-refractivity contribution in [1.29, 1.82) is 0 Å². The van der Waals surface area contributed by atoms with Gasteiger partial charge in [0.15, 0.2) is 11.9 Å². The highest BCUT2D eigenvalue weighted by Gasteiger charge is 2.26. The Labute approximate surface area is 146 Å². The van der Waals surface area contributed by atoms with Crippen LogP contribution in [-0.4, -0.2) is 50.7 Å². The fraction of sp³-hybridized carbons (Fsp3) is 0.444. The SMILES string of the molecule is Cc1cc(C)n(-c2ccc(C(=O)OC(C)C(=O)N3CCCC3)cn2)n1. The second-order valence-electron chi connectivity index (χ2n) is 6.32. The number of amides is 1. The van der Waals surface area contributed by atoms with Crippen LogP contribution in [0.3, 0.4) is 0 Å². The lowest BCUT2D eigenvalue weighted by molar-refractivity contribution is -0.138. The summed E-state index contributed by atoms with van der Waals surface area (Å²) in [4.78, 5) is 30.5. The van der Waals surface area contributed by atoms with Gasteiger partial charge in [-0.2, -0.15) is 5.10 Å². The molecule has 1 saturated heterocycles. The molecule has 3 heterocycles. The largest absolute Gasteiger partial charge is 0.449 e. The van der Waals surface area contributed by atoms with Crippen LogP contribution in [0.25, 0.3) is 5.82 Å². The molecule has 0 aromatic carbocycles. The van der Waals surface area contributed by atoms with Crippen LogP contribution < -0.4 is 0 Å². The molecule has 132 valence electrons. The highest BCUT2D eigenvalue weighted by Crippen LogP contribution is 2.13. The number of carbonyl (C=O) groups excluding carboxylic acids is 2. The standard InChI is InChI=1S/C18H22N4O3/c1-12-10-13(2)22(20-12)16-7-6-15(11-19-16)18(24)25-14(3)17(23)21-8-4-5-9-21/h6-7,10-11,14H,4-5,8-9H2,1-3H3. The van der Waals surface area contributed by atoms with E-state index in [1.807, 2.05) is 19.9 Å². The Kier molecular flexibility index (Phi) is 4.83. The summed E-state index contributed by atoms with van der Waals surface area (Å²) in [6.45, 7) is 6.93. The van der Waals surface area contributed by atoms with Gasteiger partial charge in [0, 0.05) is 25.0 Å². The first kappa shape index (κ1) is 17.1. The minimum Gasteiger partial charge on any atom is -0.449 e. The quantitative estimate of drug-likeness (QED) is 0.795. The molecule has 1 aliphatic rings. The molecule has 2 aromatic heterocycles. The van der Waals surface area contributed by atoms with E-state index >= 15 is 0 Å². The Morgan fingerprint density at radius 2 is 1.92 bits per heavy atom. The zero-order chi connectivity index (χ0) is 18.0. The minimum absolute atomic E-state index is 0.141. The smallest absolute Gasteiger partial charge is 0.340 e. The topological polar surface area (TPSA) is 77.3 Å². The van der Waals surface area contributed by atoms with E-state index in [0.29, 0.717) is 11.4 Å². The van der Waals surface area contributed by atoms with Gasteiger partial charge < -0.3 is 9.64 Å². The Morgan fingerprint density at radius 1 is 1.20 bits per heavy atom. The van der Waals surface area contributed by atoms with Gasteiger partial charge in [-0.15, -0.1) is 0 Å². The third-order valence-electron chi connectivity index (χ3n) is 4.26. The maximum absolute atomic E-state index is 12.2. The Morgan fingerprint density at radius 3 is 2.48 bits per heavy atom. The first-order chi connectivity index (χ1) is 12.0. The van der Waals surface area contributed by atoms with Crippen molar-refractivity contribution in [3.8, 4) is 5.82 Å².